The summed E-state index contributed by atoms with van der Waals surface area (Å²) in [5, 5.41) is 0.617. The number of carbonyl (C=O) groups is 2. The molecule has 5 nitrogen and oxygen atoms in total. The van der Waals surface area contributed by atoms with Crippen molar-refractivity contribution in [3.63, 3.8) is 0 Å². The van der Waals surface area contributed by atoms with E-state index in [0.717, 1.165) is 16.8 Å². The van der Waals surface area contributed by atoms with Gasteiger partial charge in [0.2, 0.25) is 0 Å². The summed E-state index contributed by atoms with van der Waals surface area (Å²) in [6.07, 6.45) is 0.178. The highest BCUT2D eigenvalue weighted by Crippen LogP contribution is 2.50. The molecule has 3 aromatic carbocycles. The van der Waals surface area contributed by atoms with Gasteiger partial charge in [0, 0.05) is 29.2 Å². The van der Waals surface area contributed by atoms with Crippen molar-refractivity contribution >= 4 is 29.2 Å². The molecular weight excluding hydrogens is 426 g/mol. The van der Waals surface area contributed by atoms with Gasteiger partial charge in [-0.1, -0.05) is 72.3 Å². The summed E-state index contributed by atoms with van der Waals surface area (Å²) in [6.45, 7) is 0.601. The molecule has 0 aliphatic carbocycles. The van der Waals surface area contributed by atoms with Crippen molar-refractivity contribution in [3.8, 4) is 0 Å². The summed E-state index contributed by atoms with van der Waals surface area (Å²) in [5.41, 5.74) is 1.86. The number of methoxy groups -OCH3 is 2. The Kier molecular flexibility index (Phi) is 6.19. The monoisotopic (exact) mass is 449 g/mol. The van der Waals surface area contributed by atoms with Gasteiger partial charge >= 0.3 is 11.9 Å². The molecular formula is C26H24ClNO4. The fourth-order valence-corrected chi connectivity index (χ4v) is 4.67. The molecule has 0 fully saturated rings. The van der Waals surface area contributed by atoms with Crippen LogP contribution < -0.4 is 4.90 Å². The maximum atomic E-state index is 13.2. The molecule has 0 bridgehead atoms. The number of anilines is 1. The van der Waals surface area contributed by atoms with Crippen LogP contribution in [0.15, 0.2) is 78.9 Å². The van der Waals surface area contributed by atoms with Gasteiger partial charge in [-0.2, -0.15) is 0 Å². The van der Waals surface area contributed by atoms with Gasteiger partial charge in [-0.25, -0.2) is 0 Å². The fraction of sp³-hybridized carbons (Fsp3) is 0.231. The molecule has 0 amide bonds. The minimum absolute atomic E-state index is 0.178. The van der Waals surface area contributed by atoms with Crippen LogP contribution in [-0.4, -0.2) is 26.2 Å². The minimum atomic E-state index is -1.57. The molecule has 32 heavy (non-hydrogen) atoms. The normalized spacial score (nSPS) is 16.7. The number of para-hydroxylation sites is 1. The summed E-state index contributed by atoms with van der Waals surface area (Å²) in [5.74, 6) is -1.26. The van der Waals surface area contributed by atoms with E-state index in [-0.39, 0.29) is 12.5 Å². The number of hydrogen-bond donors (Lipinski definition) is 0. The zero-order valence-corrected chi connectivity index (χ0v) is 18.7. The Morgan fingerprint density at radius 2 is 1.50 bits per heavy atom. The molecule has 1 aliphatic rings. The fourth-order valence-electron chi connectivity index (χ4n) is 4.54. The molecule has 6 heteroatoms. The molecule has 1 heterocycles. The van der Waals surface area contributed by atoms with Gasteiger partial charge in [-0.15, -0.1) is 0 Å². The molecule has 0 spiro atoms. The van der Waals surface area contributed by atoms with E-state index < -0.39 is 17.4 Å². The lowest BCUT2D eigenvalue weighted by atomic mass is 9.70. The standard InChI is InChI=1S/C26H24ClNO4/c1-31-24(29)26(25(30)32-2)16-23(19-12-14-20(27)15-13-19)28(17-18-8-4-3-5-9-18)22-11-7-6-10-21(22)26/h3-15,23H,16-17H2,1-2H3/t23-/m1/s1. The van der Waals surface area contributed by atoms with Crippen LogP contribution in [0.25, 0.3) is 0 Å². The van der Waals surface area contributed by atoms with Gasteiger partial charge in [0.05, 0.1) is 20.3 Å². The number of nitrogens with zero attached hydrogens (tertiary/aromatic N) is 1. The van der Waals surface area contributed by atoms with Gasteiger partial charge < -0.3 is 14.4 Å². The van der Waals surface area contributed by atoms with Gasteiger partial charge in [0.25, 0.3) is 0 Å². The first-order valence-corrected chi connectivity index (χ1v) is 10.7. The molecule has 0 N–H and O–H groups in total. The van der Waals surface area contributed by atoms with Gasteiger partial charge in [-0.05, 0) is 29.3 Å². The minimum Gasteiger partial charge on any atom is -0.468 e. The number of rotatable bonds is 5. The van der Waals surface area contributed by atoms with Crippen molar-refractivity contribution in [3.05, 3.63) is 101 Å². The van der Waals surface area contributed by atoms with Crippen molar-refractivity contribution < 1.29 is 19.1 Å². The van der Waals surface area contributed by atoms with E-state index in [2.05, 4.69) is 17.0 Å². The quantitative estimate of drug-likeness (QED) is 0.402. The van der Waals surface area contributed by atoms with Crippen LogP contribution in [0.5, 0.6) is 0 Å². The Bertz CT molecular complexity index is 1100. The van der Waals surface area contributed by atoms with Crippen molar-refractivity contribution in [1.82, 2.24) is 0 Å². The number of halogens is 1. The molecule has 3 aromatic rings. The summed E-state index contributed by atoms with van der Waals surface area (Å²) >= 11 is 6.14. The Morgan fingerprint density at radius 3 is 2.12 bits per heavy atom. The largest absolute Gasteiger partial charge is 0.468 e. The first kappa shape index (κ1) is 21.9. The number of hydrogen-bond acceptors (Lipinski definition) is 5. The van der Waals surface area contributed by atoms with Gasteiger partial charge in [-0.3, -0.25) is 9.59 Å². The van der Waals surface area contributed by atoms with Crippen LogP contribution in [0.4, 0.5) is 5.69 Å². The van der Waals surface area contributed by atoms with Crippen molar-refractivity contribution in [1.29, 1.82) is 0 Å². The van der Waals surface area contributed by atoms with Crippen LogP contribution >= 0.6 is 11.6 Å². The van der Waals surface area contributed by atoms with E-state index in [1.54, 1.807) is 6.07 Å². The van der Waals surface area contributed by atoms with Gasteiger partial charge in [0.15, 0.2) is 5.41 Å². The van der Waals surface area contributed by atoms with Crippen LogP contribution in [0.3, 0.4) is 0 Å². The Hall–Kier alpha value is -3.31. The van der Waals surface area contributed by atoms with Crippen molar-refractivity contribution in [2.45, 2.75) is 24.4 Å². The Balaban J connectivity index is 1.94. The average molecular weight is 450 g/mol. The number of ether oxygens (including phenoxy) is 2. The third-order valence-electron chi connectivity index (χ3n) is 6.07. The second-order valence-corrected chi connectivity index (χ2v) is 8.23. The Morgan fingerprint density at radius 1 is 0.906 bits per heavy atom. The van der Waals surface area contributed by atoms with E-state index in [9.17, 15) is 9.59 Å². The summed E-state index contributed by atoms with van der Waals surface area (Å²) in [6, 6.07) is 24.7. The molecule has 0 saturated heterocycles. The third-order valence-corrected chi connectivity index (χ3v) is 6.32. The predicted octanol–water partition coefficient (Wildman–Crippen LogP) is 5.08. The molecule has 0 aromatic heterocycles. The van der Waals surface area contributed by atoms with E-state index in [1.807, 2.05) is 60.7 Å². The number of benzene rings is 3. The SMILES string of the molecule is COC(=O)C1(C(=O)OC)C[C@H](c2ccc(Cl)cc2)N(Cc2ccccc2)c2ccccc21. The molecule has 4 rings (SSSR count). The number of fused-ring (bicyclic) bond motifs is 1. The topological polar surface area (TPSA) is 55.8 Å². The number of esters is 2. The first-order valence-electron chi connectivity index (χ1n) is 10.3. The van der Waals surface area contributed by atoms with E-state index in [4.69, 9.17) is 21.1 Å². The number of carbonyl (C=O) groups excluding carboxylic acids is 2. The second-order valence-electron chi connectivity index (χ2n) is 7.79. The highest BCUT2D eigenvalue weighted by atomic mass is 35.5. The summed E-state index contributed by atoms with van der Waals surface area (Å²) < 4.78 is 10.3. The van der Waals surface area contributed by atoms with E-state index >= 15 is 0 Å². The maximum Gasteiger partial charge on any atom is 0.327 e. The van der Waals surface area contributed by atoms with Crippen LogP contribution in [0, 0.1) is 0 Å². The lowest BCUT2D eigenvalue weighted by Crippen LogP contribution is -2.52. The van der Waals surface area contributed by atoms with Crippen molar-refractivity contribution in [2.24, 2.45) is 0 Å². The second kappa shape index (κ2) is 9.05. The van der Waals surface area contributed by atoms with Crippen molar-refractivity contribution in [2.75, 3.05) is 19.1 Å². The molecule has 0 unspecified atom stereocenters. The predicted molar refractivity (Wildman–Crippen MR) is 124 cm³/mol. The van der Waals surface area contributed by atoms with Gasteiger partial charge in [0.1, 0.15) is 0 Å². The zero-order chi connectivity index (χ0) is 22.7. The molecule has 0 saturated carbocycles. The lowest BCUT2D eigenvalue weighted by molar-refractivity contribution is -0.163. The van der Waals surface area contributed by atoms with E-state index in [0.29, 0.717) is 17.1 Å². The van der Waals surface area contributed by atoms with Crippen LogP contribution in [0.2, 0.25) is 5.02 Å². The first-order chi connectivity index (χ1) is 15.5. The molecule has 164 valence electrons. The smallest absolute Gasteiger partial charge is 0.327 e. The highest BCUT2D eigenvalue weighted by molar-refractivity contribution is 6.30. The molecule has 1 atom stereocenters. The summed E-state index contributed by atoms with van der Waals surface area (Å²) in [4.78, 5) is 28.6. The maximum absolute atomic E-state index is 13.2. The molecule has 1 aliphatic heterocycles. The summed E-state index contributed by atoms with van der Waals surface area (Å²) in [7, 11) is 2.59. The van der Waals surface area contributed by atoms with E-state index in [1.165, 1.54) is 14.2 Å². The lowest BCUT2D eigenvalue weighted by Gasteiger charge is -2.46. The Labute approximate surface area is 192 Å². The average Bonchev–Trinajstić information content (AvgIpc) is 2.84. The van der Waals surface area contributed by atoms with Crippen LogP contribution in [-0.2, 0) is 31.0 Å². The zero-order valence-electron chi connectivity index (χ0n) is 18.0. The molecule has 0 radical (unpaired) electrons. The van der Waals surface area contributed by atoms with Crippen LogP contribution in [0.1, 0.15) is 29.2 Å². The third kappa shape index (κ3) is 3.73. The highest BCUT2D eigenvalue weighted by Gasteiger charge is 2.56.